The first-order valence-electron chi connectivity index (χ1n) is 7.79. The lowest BCUT2D eigenvalue weighted by Crippen LogP contribution is -2.44. The number of benzene rings is 1. The van der Waals surface area contributed by atoms with Crippen LogP contribution in [-0.4, -0.2) is 37.4 Å². The highest BCUT2D eigenvalue weighted by molar-refractivity contribution is 6.42. The summed E-state index contributed by atoms with van der Waals surface area (Å²) in [4.78, 5) is 23.8. The minimum Gasteiger partial charge on any atom is -0.468 e. The summed E-state index contributed by atoms with van der Waals surface area (Å²) in [6, 6.07) is 3.89. The molecule has 0 spiro atoms. The van der Waals surface area contributed by atoms with E-state index in [-0.39, 0.29) is 6.04 Å². The molecule has 0 bridgehead atoms. The van der Waals surface area contributed by atoms with Crippen LogP contribution in [0.5, 0.6) is 0 Å². The van der Waals surface area contributed by atoms with Gasteiger partial charge in [0, 0.05) is 12.6 Å². The molecule has 0 heterocycles. The Morgan fingerprint density at radius 1 is 1.20 bits per heavy atom. The molecule has 0 aliphatic heterocycles. The topological polar surface area (TPSA) is 76.7 Å². The van der Waals surface area contributed by atoms with Crippen LogP contribution in [0, 0.1) is 0 Å². The Morgan fingerprint density at radius 3 is 2.36 bits per heavy atom. The van der Waals surface area contributed by atoms with Crippen LogP contribution < -0.4 is 10.6 Å². The van der Waals surface area contributed by atoms with E-state index >= 15 is 0 Å². The van der Waals surface area contributed by atoms with Gasteiger partial charge < -0.3 is 14.8 Å². The first kappa shape index (κ1) is 21.5. The van der Waals surface area contributed by atoms with Gasteiger partial charge in [-0.05, 0) is 45.4 Å². The quantitative estimate of drug-likeness (QED) is 0.723. The Balaban J connectivity index is 2.72. The minimum absolute atomic E-state index is 0.273. The molecule has 0 fully saturated rings. The van der Waals surface area contributed by atoms with Gasteiger partial charge in [0.15, 0.2) is 0 Å². The Labute approximate surface area is 158 Å². The number of hydrogen-bond donors (Lipinski definition) is 2. The summed E-state index contributed by atoms with van der Waals surface area (Å²) in [6.07, 6.45) is -0.522. The molecule has 0 aliphatic carbocycles. The van der Waals surface area contributed by atoms with Gasteiger partial charge in [-0.1, -0.05) is 29.3 Å². The van der Waals surface area contributed by atoms with Gasteiger partial charge in [0.05, 0.1) is 17.2 Å². The van der Waals surface area contributed by atoms with E-state index in [2.05, 4.69) is 10.6 Å². The summed E-state index contributed by atoms with van der Waals surface area (Å²) in [5.74, 6) is -0.470. The zero-order valence-electron chi connectivity index (χ0n) is 15.0. The molecule has 1 aromatic rings. The van der Waals surface area contributed by atoms with E-state index in [4.69, 9.17) is 32.7 Å². The number of carbonyl (C=O) groups excluding carboxylic acids is 2. The molecular formula is C17H24Cl2N2O4. The molecule has 0 aliphatic rings. The van der Waals surface area contributed by atoms with Crippen molar-refractivity contribution in [3.63, 3.8) is 0 Å². The van der Waals surface area contributed by atoms with Gasteiger partial charge in [-0.3, -0.25) is 5.32 Å². The van der Waals surface area contributed by atoms with Crippen LogP contribution in [0.3, 0.4) is 0 Å². The molecule has 0 saturated heterocycles. The fraction of sp³-hybridized carbons (Fsp3) is 0.529. The van der Waals surface area contributed by atoms with Crippen molar-refractivity contribution in [1.82, 2.24) is 10.6 Å². The molecule has 1 unspecified atom stereocenters. The number of methoxy groups -OCH3 is 1. The fourth-order valence-electron chi connectivity index (χ4n) is 2.00. The van der Waals surface area contributed by atoms with Crippen LogP contribution in [0.1, 0.15) is 39.3 Å². The summed E-state index contributed by atoms with van der Waals surface area (Å²) in [5.41, 5.74) is 0.0389. The molecule has 0 saturated carbocycles. The van der Waals surface area contributed by atoms with Crippen LogP contribution >= 0.6 is 23.2 Å². The number of halogens is 2. The van der Waals surface area contributed by atoms with Crippen molar-refractivity contribution in [2.24, 2.45) is 0 Å². The smallest absolute Gasteiger partial charge is 0.407 e. The molecule has 8 heteroatoms. The third kappa shape index (κ3) is 7.50. The molecular weight excluding hydrogens is 367 g/mol. The Hall–Kier alpha value is -1.50. The lowest BCUT2D eigenvalue weighted by atomic mass is 10.1. The van der Waals surface area contributed by atoms with Crippen molar-refractivity contribution in [2.75, 3.05) is 13.7 Å². The predicted octanol–water partition coefficient (Wildman–Crippen LogP) is 3.71. The number of alkyl carbamates (subject to hydrolysis) is 1. The summed E-state index contributed by atoms with van der Waals surface area (Å²) in [7, 11) is 1.30. The Bertz CT molecular complexity index is 617. The summed E-state index contributed by atoms with van der Waals surface area (Å²) in [6.45, 7) is 7.46. The molecule has 140 valence electrons. The average molecular weight is 391 g/mol. The van der Waals surface area contributed by atoms with E-state index in [1.54, 1.807) is 45.9 Å². The largest absolute Gasteiger partial charge is 0.468 e. The molecule has 1 rings (SSSR count). The number of nitrogens with one attached hydrogen (secondary N) is 2. The van der Waals surface area contributed by atoms with E-state index < -0.39 is 23.7 Å². The second-order valence-electron chi connectivity index (χ2n) is 6.59. The van der Waals surface area contributed by atoms with Gasteiger partial charge in [0.1, 0.15) is 11.6 Å². The van der Waals surface area contributed by atoms with E-state index in [0.717, 1.165) is 0 Å². The van der Waals surface area contributed by atoms with Crippen molar-refractivity contribution in [2.45, 2.75) is 45.4 Å². The first-order chi connectivity index (χ1) is 11.5. The first-order valence-corrected chi connectivity index (χ1v) is 8.54. The van der Waals surface area contributed by atoms with Crippen LogP contribution in [0.2, 0.25) is 10.0 Å². The van der Waals surface area contributed by atoms with E-state index in [1.807, 2.05) is 0 Å². The normalized spacial score (nSPS) is 13.7. The maximum absolute atomic E-state index is 12.1. The molecule has 2 atom stereocenters. The summed E-state index contributed by atoms with van der Waals surface area (Å²) >= 11 is 11.9. The average Bonchev–Trinajstić information content (AvgIpc) is 2.48. The van der Waals surface area contributed by atoms with Crippen molar-refractivity contribution in [3.8, 4) is 0 Å². The van der Waals surface area contributed by atoms with Crippen LogP contribution in [0.4, 0.5) is 4.79 Å². The zero-order valence-corrected chi connectivity index (χ0v) is 16.5. The highest BCUT2D eigenvalue weighted by atomic mass is 35.5. The number of amides is 1. The van der Waals surface area contributed by atoms with Crippen molar-refractivity contribution < 1.29 is 19.1 Å². The van der Waals surface area contributed by atoms with E-state index in [9.17, 15) is 9.59 Å². The third-order valence-electron chi connectivity index (χ3n) is 3.11. The van der Waals surface area contributed by atoms with Crippen molar-refractivity contribution >= 4 is 35.3 Å². The van der Waals surface area contributed by atoms with Gasteiger partial charge in [-0.25, -0.2) is 9.59 Å². The van der Waals surface area contributed by atoms with Gasteiger partial charge in [0.25, 0.3) is 0 Å². The van der Waals surface area contributed by atoms with Gasteiger partial charge >= 0.3 is 12.1 Å². The van der Waals surface area contributed by atoms with Gasteiger partial charge in [-0.2, -0.15) is 0 Å². The van der Waals surface area contributed by atoms with E-state index in [0.29, 0.717) is 22.2 Å². The number of carbonyl (C=O) groups is 2. The lowest BCUT2D eigenvalue weighted by Gasteiger charge is -2.23. The van der Waals surface area contributed by atoms with Crippen molar-refractivity contribution in [1.29, 1.82) is 0 Å². The number of esters is 1. The predicted molar refractivity (Wildman–Crippen MR) is 98.1 cm³/mol. The van der Waals surface area contributed by atoms with Crippen LogP contribution in [0.25, 0.3) is 0 Å². The molecule has 6 nitrogen and oxygen atoms in total. The second kappa shape index (κ2) is 9.27. The fourth-order valence-corrected chi connectivity index (χ4v) is 2.31. The highest BCUT2D eigenvalue weighted by Gasteiger charge is 2.23. The third-order valence-corrected chi connectivity index (χ3v) is 3.84. The standard InChI is InChI=1S/C17H24Cl2N2O4/c1-10(21-16(23)25-17(2,3)4)9-20-14(15(22)24-5)11-6-7-12(18)13(19)8-11/h6-8,10,14,20H,9H2,1-5H3,(H,21,23)/t10-,14?/m1/s1. The molecule has 1 aromatic carbocycles. The number of rotatable bonds is 6. The number of ether oxygens (including phenoxy) is 2. The van der Waals surface area contributed by atoms with Crippen LogP contribution in [-0.2, 0) is 14.3 Å². The van der Waals surface area contributed by atoms with Crippen LogP contribution in [0.15, 0.2) is 18.2 Å². The second-order valence-corrected chi connectivity index (χ2v) is 7.40. The van der Waals surface area contributed by atoms with E-state index in [1.165, 1.54) is 7.11 Å². The monoisotopic (exact) mass is 390 g/mol. The highest BCUT2D eigenvalue weighted by Crippen LogP contribution is 2.26. The maximum atomic E-state index is 12.1. The SMILES string of the molecule is COC(=O)C(NC[C@@H](C)NC(=O)OC(C)(C)C)c1ccc(Cl)c(Cl)c1. The minimum atomic E-state index is -0.734. The van der Waals surface area contributed by atoms with Gasteiger partial charge in [0.2, 0.25) is 0 Å². The Morgan fingerprint density at radius 2 is 1.84 bits per heavy atom. The van der Waals surface area contributed by atoms with Crippen molar-refractivity contribution in [3.05, 3.63) is 33.8 Å². The summed E-state index contributed by atoms with van der Waals surface area (Å²) in [5, 5.41) is 6.49. The molecule has 0 aromatic heterocycles. The molecule has 0 radical (unpaired) electrons. The number of hydrogen-bond acceptors (Lipinski definition) is 5. The summed E-state index contributed by atoms with van der Waals surface area (Å²) < 4.78 is 10.0. The zero-order chi connectivity index (χ0) is 19.2. The van der Waals surface area contributed by atoms with Gasteiger partial charge in [-0.15, -0.1) is 0 Å². The lowest BCUT2D eigenvalue weighted by molar-refractivity contribution is -0.143. The molecule has 1 amide bonds. The molecule has 25 heavy (non-hydrogen) atoms. The Kier molecular flexibility index (Phi) is 7.99. The maximum Gasteiger partial charge on any atom is 0.407 e. The molecule has 2 N–H and O–H groups in total.